The molecule has 0 amide bonds. The van der Waals surface area contributed by atoms with Crippen LogP contribution >= 0.6 is 0 Å². The molecule has 0 N–H and O–H groups in total. The molecular weight excluding hydrogens is 229 g/mol. The van der Waals surface area contributed by atoms with Crippen LogP contribution in [-0.2, 0) is 48.8 Å². The fourth-order valence-corrected chi connectivity index (χ4v) is 0.797. The molecule has 0 spiro atoms. The van der Waals surface area contributed by atoms with Crippen molar-refractivity contribution < 1.29 is 42.2 Å². The van der Waals surface area contributed by atoms with Crippen molar-refractivity contribution in [3.63, 3.8) is 0 Å². The van der Waals surface area contributed by atoms with Gasteiger partial charge in [0.15, 0.2) is 0 Å². The Hall–Kier alpha value is -0.206. The van der Waals surface area contributed by atoms with E-state index in [1.807, 2.05) is 31.2 Å². The quantitative estimate of drug-likeness (QED) is 0.747. The van der Waals surface area contributed by atoms with E-state index in [0.717, 1.165) is 5.56 Å². The molecule has 2 nitrogen and oxygen atoms in total. The normalized spacial score (nSPS) is 8.42. The number of rotatable bonds is 3. The van der Waals surface area contributed by atoms with Crippen molar-refractivity contribution in [1.29, 1.82) is 0 Å². The van der Waals surface area contributed by atoms with Gasteiger partial charge in [-0.25, -0.2) is 0 Å². The third kappa shape index (κ3) is 3.98. The Kier molecular flexibility index (Phi) is 6.22. The number of aryl methyl sites for hydroxylation is 1. The Morgan fingerprint density at radius 1 is 1.33 bits per heavy atom. The summed E-state index contributed by atoms with van der Waals surface area (Å²) in [4.78, 5) is 9.70. The molecular formula is C9H9O2Y-. The van der Waals surface area contributed by atoms with Crippen LogP contribution in [-0.4, -0.2) is 6.47 Å². The Morgan fingerprint density at radius 2 is 1.92 bits per heavy atom. The van der Waals surface area contributed by atoms with Crippen molar-refractivity contribution in [2.75, 3.05) is 0 Å². The summed E-state index contributed by atoms with van der Waals surface area (Å²) in [6.45, 7) is 3.70. The molecule has 0 unspecified atom stereocenters. The summed E-state index contributed by atoms with van der Waals surface area (Å²) in [6, 6.07) is 7.80. The van der Waals surface area contributed by atoms with Crippen LogP contribution in [0.3, 0.4) is 0 Å². The summed E-state index contributed by atoms with van der Waals surface area (Å²) in [5, 5.41) is 0. The molecule has 1 rings (SSSR count). The van der Waals surface area contributed by atoms with E-state index in [1.165, 1.54) is 12.0 Å². The zero-order chi connectivity index (χ0) is 8.10. The second-order valence-corrected chi connectivity index (χ2v) is 2.36. The van der Waals surface area contributed by atoms with Crippen LogP contribution < -0.4 is 0 Å². The maximum absolute atomic E-state index is 9.70. The fourth-order valence-electron chi connectivity index (χ4n) is 0.797. The topological polar surface area (TPSA) is 26.3 Å². The van der Waals surface area contributed by atoms with Crippen molar-refractivity contribution in [3.8, 4) is 0 Å². The molecule has 0 fully saturated rings. The Labute approximate surface area is 97.2 Å². The predicted molar refractivity (Wildman–Crippen MR) is 41.7 cm³/mol. The largest absolute Gasteiger partial charge is 0.650 e. The molecule has 0 aliphatic rings. The van der Waals surface area contributed by atoms with Crippen LogP contribution in [0.4, 0.5) is 0 Å². The summed E-state index contributed by atoms with van der Waals surface area (Å²) >= 11 is 0. The average molecular weight is 238 g/mol. The molecule has 1 radical (unpaired) electrons. The van der Waals surface area contributed by atoms with Crippen molar-refractivity contribution >= 4 is 6.47 Å². The molecule has 0 aliphatic carbocycles. The molecule has 0 aliphatic heterocycles. The fraction of sp³-hybridized carbons (Fsp3) is 0.222. The van der Waals surface area contributed by atoms with Gasteiger partial charge in [0.1, 0.15) is 0 Å². The molecule has 0 bridgehead atoms. The minimum atomic E-state index is 0. The second-order valence-electron chi connectivity index (χ2n) is 2.36. The predicted octanol–water partition coefficient (Wildman–Crippen LogP) is 1.58. The second kappa shape index (κ2) is 6.33. The van der Waals surface area contributed by atoms with Gasteiger partial charge in [-0.05, 0) is 12.5 Å². The Bertz CT molecular complexity index is 231. The first kappa shape index (κ1) is 11.8. The number of benzene rings is 1. The summed E-state index contributed by atoms with van der Waals surface area (Å²) in [5.74, 6) is 0. The average Bonchev–Trinajstić information content (AvgIpc) is 2.04. The molecule has 1 aromatic carbocycles. The molecule has 0 aromatic heterocycles. The van der Waals surface area contributed by atoms with Crippen LogP contribution in [0.2, 0.25) is 0 Å². The smallest absolute Gasteiger partial charge is 0.0745 e. The number of hydrogen-bond acceptors (Lipinski definition) is 2. The zero-order valence-electron chi connectivity index (χ0n) is 6.91. The Balaban J connectivity index is 0.00000121. The minimum absolute atomic E-state index is 0. The van der Waals surface area contributed by atoms with Gasteiger partial charge in [-0.3, -0.25) is 0 Å². The standard InChI is InChI=1S/C9H9O2.Y/c1-8-2-4-9(5-3-8)6-11-7-10;/h2-5H,6H2,1H3;/q-1;. The molecule has 0 atom stereocenters. The summed E-state index contributed by atoms with van der Waals surface area (Å²) in [5.41, 5.74) is 2.18. The van der Waals surface area contributed by atoms with E-state index in [1.54, 1.807) is 0 Å². The van der Waals surface area contributed by atoms with Crippen molar-refractivity contribution in [2.24, 2.45) is 0 Å². The minimum Gasteiger partial charge on any atom is -0.650 e. The molecule has 12 heavy (non-hydrogen) atoms. The van der Waals surface area contributed by atoms with Gasteiger partial charge < -0.3 is 9.53 Å². The van der Waals surface area contributed by atoms with E-state index in [4.69, 9.17) is 0 Å². The molecule has 1 aromatic rings. The van der Waals surface area contributed by atoms with E-state index >= 15 is 0 Å². The maximum atomic E-state index is 9.70. The first-order valence-electron chi connectivity index (χ1n) is 3.37. The van der Waals surface area contributed by atoms with Crippen LogP contribution in [0.1, 0.15) is 11.1 Å². The van der Waals surface area contributed by atoms with E-state index in [-0.39, 0.29) is 32.7 Å². The first-order chi connectivity index (χ1) is 5.33. The summed E-state index contributed by atoms with van der Waals surface area (Å²) in [6.07, 6.45) is 0. The molecule has 61 valence electrons. The number of carbonyl (C=O) groups excluding carboxylic acids is 1. The molecule has 0 heterocycles. The first-order valence-corrected chi connectivity index (χ1v) is 3.37. The van der Waals surface area contributed by atoms with E-state index in [2.05, 4.69) is 4.74 Å². The van der Waals surface area contributed by atoms with E-state index < -0.39 is 0 Å². The van der Waals surface area contributed by atoms with Crippen LogP contribution in [0, 0.1) is 6.92 Å². The van der Waals surface area contributed by atoms with Gasteiger partial charge in [-0.15, -0.1) is 0 Å². The monoisotopic (exact) mass is 238 g/mol. The summed E-state index contributed by atoms with van der Waals surface area (Å²) < 4.78 is 4.45. The SMILES string of the molecule is Cc1ccc(CO[C-]=O)cc1.[Y]. The van der Waals surface area contributed by atoms with Crippen molar-refractivity contribution in [2.45, 2.75) is 13.5 Å². The van der Waals surface area contributed by atoms with Gasteiger partial charge in [0, 0.05) is 32.7 Å². The van der Waals surface area contributed by atoms with Gasteiger partial charge in [0.2, 0.25) is 0 Å². The van der Waals surface area contributed by atoms with E-state index in [0.29, 0.717) is 6.61 Å². The molecule has 0 saturated carbocycles. The number of ether oxygens (including phenoxy) is 1. The van der Waals surface area contributed by atoms with Crippen molar-refractivity contribution in [1.82, 2.24) is 0 Å². The molecule has 3 heteroatoms. The van der Waals surface area contributed by atoms with Crippen LogP contribution in [0.15, 0.2) is 24.3 Å². The van der Waals surface area contributed by atoms with Gasteiger partial charge >= 0.3 is 0 Å². The zero-order valence-corrected chi connectivity index (χ0v) is 9.75. The Morgan fingerprint density at radius 3 is 2.42 bits per heavy atom. The maximum Gasteiger partial charge on any atom is 0.0745 e. The molecule has 0 saturated heterocycles. The van der Waals surface area contributed by atoms with Gasteiger partial charge in [-0.1, -0.05) is 36.3 Å². The number of hydrogen-bond donors (Lipinski definition) is 0. The van der Waals surface area contributed by atoms with Crippen LogP contribution in [0.5, 0.6) is 0 Å². The summed E-state index contributed by atoms with van der Waals surface area (Å²) in [7, 11) is 0. The van der Waals surface area contributed by atoms with Gasteiger partial charge in [-0.2, -0.15) is 0 Å². The third-order valence-electron chi connectivity index (χ3n) is 1.42. The third-order valence-corrected chi connectivity index (χ3v) is 1.42. The van der Waals surface area contributed by atoms with Gasteiger partial charge in [0.05, 0.1) is 6.61 Å². The van der Waals surface area contributed by atoms with Gasteiger partial charge in [0.25, 0.3) is 0 Å². The van der Waals surface area contributed by atoms with Crippen LogP contribution in [0.25, 0.3) is 0 Å². The van der Waals surface area contributed by atoms with E-state index in [9.17, 15) is 4.79 Å². The van der Waals surface area contributed by atoms with Crippen molar-refractivity contribution in [3.05, 3.63) is 35.4 Å².